The van der Waals surface area contributed by atoms with Crippen LogP contribution in [0, 0.1) is 0 Å². The quantitative estimate of drug-likeness (QED) is 0.274. The first-order valence-corrected chi connectivity index (χ1v) is 4.38. The predicted octanol–water partition coefficient (Wildman–Crippen LogP) is -3.24. The lowest BCUT2D eigenvalue weighted by Crippen LogP contribution is -2.46. The van der Waals surface area contributed by atoms with Gasteiger partial charge in [-0.1, -0.05) is 0 Å². The Morgan fingerprint density at radius 1 is 1.23 bits per heavy atom. The Hall–Kier alpha value is -0.240. The van der Waals surface area contributed by atoms with E-state index in [1.165, 1.54) is 0 Å². The van der Waals surface area contributed by atoms with Crippen LogP contribution in [0.1, 0.15) is 0 Å². The maximum Gasteiger partial charge on any atom is 0.0789 e. The van der Waals surface area contributed by atoms with Crippen molar-refractivity contribution in [3.05, 3.63) is 0 Å². The summed E-state index contributed by atoms with van der Waals surface area (Å²) in [6.45, 7) is 2.81. The fraction of sp³-hybridized carbons (Fsp3) is 1.00. The zero-order chi connectivity index (χ0) is 10.1. The summed E-state index contributed by atoms with van der Waals surface area (Å²) in [6, 6.07) is 0. The molecule has 0 aromatic rings. The van der Waals surface area contributed by atoms with Crippen LogP contribution in [0.3, 0.4) is 0 Å². The van der Waals surface area contributed by atoms with Gasteiger partial charge in [-0.15, -0.1) is 0 Å². The van der Waals surface area contributed by atoms with Crippen LogP contribution < -0.4 is 22.1 Å². The average Bonchev–Trinajstić information content (AvgIpc) is 2.19. The minimum absolute atomic E-state index is 0.186. The van der Waals surface area contributed by atoms with Gasteiger partial charge in [-0.2, -0.15) is 0 Å². The summed E-state index contributed by atoms with van der Waals surface area (Å²) in [7, 11) is 0. The van der Waals surface area contributed by atoms with Crippen LogP contribution >= 0.6 is 0 Å². The van der Waals surface area contributed by atoms with Gasteiger partial charge in [0.2, 0.25) is 0 Å². The Kier molecular flexibility index (Phi) is 8.21. The van der Waals surface area contributed by atoms with Crippen molar-refractivity contribution in [1.29, 1.82) is 0 Å². The summed E-state index contributed by atoms with van der Waals surface area (Å²) in [5.41, 5.74) is 9.91. The van der Waals surface area contributed by atoms with E-state index in [0.29, 0.717) is 0 Å². The molecule has 0 amide bonds. The van der Waals surface area contributed by atoms with Gasteiger partial charge < -0.3 is 32.3 Å². The summed E-state index contributed by atoms with van der Waals surface area (Å²) in [5, 5.41) is 23.1. The van der Waals surface area contributed by atoms with Crippen molar-refractivity contribution in [2.45, 2.75) is 12.2 Å². The molecule has 1 rings (SSSR count). The molecular weight excluding hydrogens is 172 g/mol. The summed E-state index contributed by atoms with van der Waals surface area (Å²) < 4.78 is 0. The van der Waals surface area contributed by atoms with E-state index < -0.39 is 6.10 Å². The van der Waals surface area contributed by atoms with E-state index in [-0.39, 0.29) is 19.2 Å². The highest BCUT2D eigenvalue weighted by Crippen LogP contribution is 1.79. The van der Waals surface area contributed by atoms with Crippen molar-refractivity contribution in [1.82, 2.24) is 10.6 Å². The Morgan fingerprint density at radius 3 is 1.85 bits per heavy atom. The molecule has 80 valence electrons. The van der Waals surface area contributed by atoms with Crippen LogP contribution in [0.25, 0.3) is 0 Å². The number of aliphatic hydroxyl groups excluding tert-OH is 2. The second-order valence-corrected chi connectivity index (χ2v) is 2.86. The largest absolute Gasteiger partial charge is 0.390 e. The monoisotopic (exact) mass is 192 g/mol. The third-order valence-corrected chi connectivity index (χ3v) is 1.55. The predicted molar refractivity (Wildman–Crippen MR) is 51.0 cm³/mol. The zero-order valence-corrected chi connectivity index (χ0v) is 7.74. The van der Waals surface area contributed by atoms with Gasteiger partial charge in [0.05, 0.1) is 12.2 Å². The van der Waals surface area contributed by atoms with Crippen LogP contribution in [0.2, 0.25) is 0 Å². The third-order valence-electron chi connectivity index (χ3n) is 1.55. The van der Waals surface area contributed by atoms with Gasteiger partial charge in [-0.3, -0.25) is 0 Å². The number of nitrogens with two attached hydrogens (primary N) is 2. The van der Waals surface area contributed by atoms with Gasteiger partial charge in [-0.25, -0.2) is 0 Å². The van der Waals surface area contributed by atoms with E-state index >= 15 is 0 Å². The summed E-state index contributed by atoms with van der Waals surface area (Å²) in [4.78, 5) is 0. The second-order valence-electron chi connectivity index (χ2n) is 2.86. The number of nitrogens with one attached hydrogen (secondary N) is 2. The summed E-state index contributed by atoms with van der Waals surface area (Å²) in [6.07, 6.45) is -0.696. The Balaban J connectivity index is 0.000000226. The molecule has 6 nitrogen and oxygen atoms in total. The first-order chi connectivity index (χ1) is 6.20. The molecule has 0 bridgehead atoms. The van der Waals surface area contributed by atoms with Crippen molar-refractivity contribution in [3.8, 4) is 0 Å². The molecule has 1 aliphatic rings. The highest BCUT2D eigenvalue weighted by molar-refractivity contribution is 4.66. The molecule has 1 heterocycles. The minimum Gasteiger partial charge on any atom is -0.390 e. The average molecular weight is 192 g/mol. The molecule has 6 heteroatoms. The second kappa shape index (κ2) is 8.36. The number of aliphatic hydroxyl groups is 2. The maximum absolute atomic E-state index is 8.78. The molecule has 0 aromatic carbocycles. The number of hydrogen-bond acceptors (Lipinski definition) is 6. The Bertz CT molecular complexity index is 105. The van der Waals surface area contributed by atoms with Crippen LogP contribution in [0.4, 0.5) is 0 Å². The number of rotatable bonds is 2. The zero-order valence-electron chi connectivity index (χ0n) is 7.74. The summed E-state index contributed by atoms with van der Waals surface area (Å²) >= 11 is 0. The van der Waals surface area contributed by atoms with Gasteiger partial charge in [0.25, 0.3) is 0 Å². The molecule has 1 fully saturated rings. The lowest BCUT2D eigenvalue weighted by Gasteiger charge is -2.18. The Morgan fingerprint density at radius 2 is 1.69 bits per heavy atom. The molecule has 1 aliphatic heterocycles. The molecule has 0 atom stereocenters. The van der Waals surface area contributed by atoms with E-state index in [0.717, 1.165) is 19.8 Å². The van der Waals surface area contributed by atoms with E-state index in [9.17, 15) is 0 Å². The van der Waals surface area contributed by atoms with Crippen molar-refractivity contribution in [3.63, 3.8) is 0 Å². The van der Waals surface area contributed by atoms with Gasteiger partial charge in [0.1, 0.15) is 0 Å². The van der Waals surface area contributed by atoms with Gasteiger partial charge in [-0.05, 0) is 0 Å². The van der Waals surface area contributed by atoms with Gasteiger partial charge in [0.15, 0.2) is 0 Å². The molecule has 0 saturated carbocycles. The standard InChI is InChI=1S/C4H10N2O.C3H10N2O/c7-4-1-5-3-6-2-4;4-1-3(6)2-5/h4-7H,1-3H2;3,6H,1-2,4-5H2. The topological polar surface area (TPSA) is 117 Å². The molecule has 8 N–H and O–H groups in total. The maximum atomic E-state index is 8.78. The molecular formula is C7H20N4O2. The SMILES string of the molecule is NCC(O)CN.OC1CNCNC1. The van der Waals surface area contributed by atoms with Gasteiger partial charge >= 0.3 is 0 Å². The van der Waals surface area contributed by atoms with E-state index in [2.05, 4.69) is 10.6 Å². The fourth-order valence-electron chi connectivity index (χ4n) is 0.734. The van der Waals surface area contributed by atoms with Crippen molar-refractivity contribution >= 4 is 0 Å². The smallest absolute Gasteiger partial charge is 0.0789 e. The molecule has 0 aliphatic carbocycles. The van der Waals surface area contributed by atoms with Crippen molar-refractivity contribution < 1.29 is 10.2 Å². The lowest BCUT2D eigenvalue weighted by atomic mass is 10.3. The highest BCUT2D eigenvalue weighted by atomic mass is 16.3. The highest BCUT2D eigenvalue weighted by Gasteiger charge is 2.05. The van der Waals surface area contributed by atoms with E-state index in [4.69, 9.17) is 21.7 Å². The van der Waals surface area contributed by atoms with E-state index in [1.54, 1.807) is 0 Å². The molecule has 0 aromatic heterocycles. The molecule has 0 radical (unpaired) electrons. The lowest BCUT2D eigenvalue weighted by molar-refractivity contribution is 0.148. The first-order valence-electron chi connectivity index (χ1n) is 4.38. The minimum atomic E-state index is -0.509. The number of hydrogen-bond donors (Lipinski definition) is 6. The third kappa shape index (κ3) is 8.10. The van der Waals surface area contributed by atoms with Crippen molar-refractivity contribution in [2.75, 3.05) is 32.8 Å². The fourth-order valence-corrected chi connectivity index (χ4v) is 0.734. The molecule has 0 unspecified atom stereocenters. The van der Waals surface area contributed by atoms with Crippen LogP contribution in [0.5, 0.6) is 0 Å². The Labute approximate surface area is 78.3 Å². The van der Waals surface area contributed by atoms with Crippen molar-refractivity contribution in [2.24, 2.45) is 11.5 Å². The molecule has 1 saturated heterocycles. The summed E-state index contributed by atoms with van der Waals surface area (Å²) in [5.74, 6) is 0. The van der Waals surface area contributed by atoms with E-state index in [1.807, 2.05) is 0 Å². The molecule has 0 spiro atoms. The van der Waals surface area contributed by atoms with Crippen LogP contribution in [0.15, 0.2) is 0 Å². The van der Waals surface area contributed by atoms with Gasteiger partial charge in [0, 0.05) is 32.8 Å². The first kappa shape index (κ1) is 12.8. The molecule has 13 heavy (non-hydrogen) atoms. The van der Waals surface area contributed by atoms with Crippen LogP contribution in [-0.2, 0) is 0 Å². The normalized spacial score (nSPS) is 18.2. The van der Waals surface area contributed by atoms with Crippen LogP contribution in [-0.4, -0.2) is 55.3 Å². The number of β-amino-alcohol motifs (C(OH)–C–C–N with tert-alkyl or cyclic N) is 1.